The highest BCUT2D eigenvalue weighted by atomic mass is 79.9. The monoisotopic (exact) mass is 287 g/mol. The molecule has 0 heterocycles. The summed E-state index contributed by atoms with van der Waals surface area (Å²) in [6, 6.07) is 5.39. The third kappa shape index (κ3) is 4.05. The molecule has 0 fully saturated rings. The number of anilines is 1. The van der Waals surface area contributed by atoms with Gasteiger partial charge in [-0.2, -0.15) is 0 Å². The van der Waals surface area contributed by atoms with Gasteiger partial charge < -0.3 is 5.32 Å². The Morgan fingerprint density at radius 3 is 2.53 bits per heavy atom. The lowest BCUT2D eigenvalue weighted by Gasteiger charge is -2.08. The fourth-order valence-corrected chi connectivity index (χ4v) is 2.06. The van der Waals surface area contributed by atoms with E-state index in [9.17, 15) is 9.59 Å². The zero-order valence-electron chi connectivity index (χ0n) is 8.33. The molecule has 1 aromatic carbocycles. The summed E-state index contributed by atoms with van der Waals surface area (Å²) >= 11 is 4.41. The average Bonchev–Trinajstić information content (AvgIpc) is 2.08. The molecule has 1 amide bonds. The number of rotatable bonds is 2. The van der Waals surface area contributed by atoms with Gasteiger partial charge in [-0.1, -0.05) is 27.7 Å². The molecule has 0 aliphatic heterocycles. The second-order valence-corrected chi connectivity index (χ2v) is 5.05. The molecular formula is C10H10BrNO2S. The Hall–Kier alpha value is -0.810. The Bertz CT molecular complexity index is 406. The summed E-state index contributed by atoms with van der Waals surface area (Å²) in [5.74, 6) is -0.154. The van der Waals surface area contributed by atoms with Gasteiger partial charge in [0.05, 0.1) is 5.69 Å². The zero-order valence-corrected chi connectivity index (χ0v) is 10.7. The highest BCUT2D eigenvalue weighted by Crippen LogP contribution is 2.30. The SMILES string of the molecule is CC(=O)Nc1cc(Br)ccc1SC(C)=O. The molecule has 1 aromatic rings. The molecule has 0 aliphatic rings. The summed E-state index contributed by atoms with van der Waals surface area (Å²) in [6.07, 6.45) is 0. The first-order valence-electron chi connectivity index (χ1n) is 4.24. The lowest BCUT2D eigenvalue weighted by molar-refractivity contribution is -0.114. The van der Waals surface area contributed by atoms with E-state index in [1.54, 1.807) is 12.1 Å². The molecule has 0 bridgehead atoms. The molecule has 5 heteroatoms. The minimum Gasteiger partial charge on any atom is -0.325 e. The topological polar surface area (TPSA) is 46.2 Å². The van der Waals surface area contributed by atoms with E-state index in [0.717, 1.165) is 21.1 Å². The number of halogens is 1. The first-order chi connectivity index (χ1) is 6.99. The zero-order chi connectivity index (χ0) is 11.4. The van der Waals surface area contributed by atoms with Gasteiger partial charge in [0.15, 0.2) is 5.12 Å². The van der Waals surface area contributed by atoms with Crippen LogP contribution in [-0.2, 0) is 9.59 Å². The average molecular weight is 288 g/mol. The van der Waals surface area contributed by atoms with Crippen LogP contribution in [0.4, 0.5) is 5.69 Å². The minimum absolute atomic E-state index is 0.0103. The molecule has 3 nitrogen and oxygen atoms in total. The van der Waals surface area contributed by atoms with Crippen LogP contribution in [0.3, 0.4) is 0 Å². The standard InChI is InChI=1S/C10H10BrNO2S/c1-6(13)12-9-5-8(11)3-4-10(9)15-7(2)14/h3-5H,1-2H3,(H,12,13). The predicted molar refractivity (Wildman–Crippen MR) is 65.0 cm³/mol. The van der Waals surface area contributed by atoms with Crippen molar-refractivity contribution >= 4 is 44.4 Å². The van der Waals surface area contributed by atoms with Crippen molar-refractivity contribution in [1.29, 1.82) is 0 Å². The van der Waals surface area contributed by atoms with Crippen LogP contribution in [0.25, 0.3) is 0 Å². The second-order valence-electron chi connectivity index (χ2n) is 2.92. The van der Waals surface area contributed by atoms with Crippen molar-refractivity contribution in [2.45, 2.75) is 18.7 Å². The Morgan fingerprint density at radius 2 is 2.00 bits per heavy atom. The van der Waals surface area contributed by atoms with E-state index in [1.165, 1.54) is 13.8 Å². The van der Waals surface area contributed by atoms with Crippen LogP contribution >= 0.6 is 27.7 Å². The Kier molecular flexibility index (Phi) is 4.35. The third-order valence-electron chi connectivity index (χ3n) is 1.51. The first-order valence-corrected chi connectivity index (χ1v) is 5.85. The quantitative estimate of drug-likeness (QED) is 0.851. The fourth-order valence-electron chi connectivity index (χ4n) is 1.03. The van der Waals surface area contributed by atoms with E-state index in [2.05, 4.69) is 21.2 Å². The van der Waals surface area contributed by atoms with Crippen LogP contribution in [0.2, 0.25) is 0 Å². The predicted octanol–water partition coefficient (Wildman–Crippen LogP) is 3.05. The lowest BCUT2D eigenvalue weighted by atomic mass is 10.3. The molecular weight excluding hydrogens is 278 g/mol. The van der Waals surface area contributed by atoms with Crippen LogP contribution in [0, 0.1) is 0 Å². The molecule has 0 atom stereocenters. The van der Waals surface area contributed by atoms with E-state index in [-0.39, 0.29) is 11.0 Å². The van der Waals surface area contributed by atoms with Crippen molar-refractivity contribution in [3.05, 3.63) is 22.7 Å². The number of benzene rings is 1. The number of thioether (sulfide) groups is 1. The highest BCUT2D eigenvalue weighted by Gasteiger charge is 2.07. The van der Waals surface area contributed by atoms with Gasteiger partial charge in [-0.15, -0.1) is 0 Å². The van der Waals surface area contributed by atoms with Crippen molar-refractivity contribution < 1.29 is 9.59 Å². The highest BCUT2D eigenvalue weighted by molar-refractivity contribution is 9.10. The number of amides is 1. The van der Waals surface area contributed by atoms with E-state index < -0.39 is 0 Å². The smallest absolute Gasteiger partial charge is 0.221 e. The van der Waals surface area contributed by atoms with E-state index in [0.29, 0.717) is 5.69 Å². The van der Waals surface area contributed by atoms with E-state index in [1.807, 2.05) is 6.07 Å². The molecule has 0 saturated carbocycles. The van der Waals surface area contributed by atoms with Gasteiger partial charge in [-0.3, -0.25) is 9.59 Å². The van der Waals surface area contributed by atoms with Crippen molar-refractivity contribution in [2.75, 3.05) is 5.32 Å². The summed E-state index contributed by atoms with van der Waals surface area (Å²) < 4.78 is 0.860. The third-order valence-corrected chi connectivity index (χ3v) is 2.86. The normalized spacial score (nSPS) is 9.80. The summed E-state index contributed by atoms with van der Waals surface area (Å²) in [5, 5.41) is 2.67. The maximum Gasteiger partial charge on any atom is 0.221 e. The maximum absolute atomic E-state index is 11.0. The van der Waals surface area contributed by atoms with Gasteiger partial charge >= 0.3 is 0 Å². The molecule has 0 aliphatic carbocycles. The Morgan fingerprint density at radius 1 is 1.33 bits per heavy atom. The van der Waals surface area contributed by atoms with Crippen molar-refractivity contribution in [3.63, 3.8) is 0 Å². The van der Waals surface area contributed by atoms with E-state index in [4.69, 9.17) is 0 Å². The molecule has 1 rings (SSSR count). The van der Waals surface area contributed by atoms with Crippen molar-refractivity contribution in [2.24, 2.45) is 0 Å². The molecule has 80 valence electrons. The molecule has 0 saturated heterocycles. The summed E-state index contributed by atoms with van der Waals surface area (Å²) in [4.78, 5) is 22.7. The second kappa shape index (κ2) is 5.32. The summed E-state index contributed by atoms with van der Waals surface area (Å²) in [6.45, 7) is 2.92. The van der Waals surface area contributed by atoms with Crippen molar-refractivity contribution in [3.8, 4) is 0 Å². The largest absolute Gasteiger partial charge is 0.325 e. The minimum atomic E-state index is -0.154. The Balaban J connectivity index is 3.02. The van der Waals surface area contributed by atoms with E-state index >= 15 is 0 Å². The van der Waals surface area contributed by atoms with Gasteiger partial charge in [0.2, 0.25) is 5.91 Å². The van der Waals surface area contributed by atoms with Gasteiger partial charge in [0.25, 0.3) is 0 Å². The van der Waals surface area contributed by atoms with Crippen molar-refractivity contribution in [1.82, 2.24) is 0 Å². The number of carbonyl (C=O) groups is 2. The summed E-state index contributed by atoms with van der Waals surface area (Å²) in [7, 11) is 0. The number of hydrogen-bond acceptors (Lipinski definition) is 3. The van der Waals surface area contributed by atoms with Crippen LogP contribution in [-0.4, -0.2) is 11.0 Å². The Labute approximate surface area is 101 Å². The van der Waals surface area contributed by atoms with Crippen LogP contribution in [0.15, 0.2) is 27.6 Å². The summed E-state index contributed by atoms with van der Waals surface area (Å²) in [5.41, 5.74) is 0.650. The van der Waals surface area contributed by atoms with Crippen LogP contribution in [0.5, 0.6) is 0 Å². The number of carbonyl (C=O) groups excluding carboxylic acids is 2. The molecule has 1 N–H and O–H groups in total. The van der Waals surface area contributed by atoms with Gasteiger partial charge in [-0.05, 0) is 18.2 Å². The van der Waals surface area contributed by atoms with Crippen LogP contribution in [0.1, 0.15) is 13.8 Å². The molecule has 0 aromatic heterocycles. The fraction of sp³-hybridized carbons (Fsp3) is 0.200. The number of hydrogen-bond donors (Lipinski definition) is 1. The molecule has 15 heavy (non-hydrogen) atoms. The lowest BCUT2D eigenvalue weighted by Crippen LogP contribution is -2.07. The molecule has 0 radical (unpaired) electrons. The van der Waals surface area contributed by atoms with Gasteiger partial charge in [-0.25, -0.2) is 0 Å². The van der Waals surface area contributed by atoms with Gasteiger partial charge in [0, 0.05) is 23.2 Å². The van der Waals surface area contributed by atoms with Gasteiger partial charge in [0.1, 0.15) is 0 Å². The molecule has 0 spiro atoms. The van der Waals surface area contributed by atoms with Crippen LogP contribution < -0.4 is 5.32 Å². The number of nitrogens with one attached hydrogen (secondary N) is 1. The molecule has 0 unspecified atom stereocenters. The maximum atomic E-state index is 11.0. The first kappa shape index (κ1) is 12.3.